The average Bonchev–Trinajstić information content (AvgIpc) is 3.10. The van der Waals surface area contributed by atoms with Crippen molar-refractivity contribution >= 4 is 33.2 Å². The van der Waals surface area contributed by atoms with Crippen LogP contribution >= 0.6 is 22.9 Å². The van der Waals surface area contributed by atoms with Gasteiger partial charge in [0, 0.05) is 16.0 Å². The first kappa shape index (κ1) is 16.8. The van der Waals surface area contributed by atoms with E-state index in [1.807, 2.05) is 53.9 Å². The third-order valence-corrected chi connectivity index (χ3v) is 5.52. The summed E-state index contributed by atoms with van der Waals surface area (Å²) in [6.07, 6.45) is 1.59. The van der Waals surface area contributed by atoms with E-state index in [0.29, 0.717) is 17.0 Å². The second kappa shape index (κ2) is 6.94. The highest BCUT2D eigenvalue weighted by Crippen LogP contribution is 2.31. The first-order valence-electron chi connectivity index (χ1n) is 8.02. The van der Waals surface area contributed by atoms with Crippen molar-refractivity contribution in [3.05, 3.63) is 81.2 Å². The lowest BCUT2D eigenvalue weighted by Crippen LogP contribution is -2.21. The summed E-state index contributed by atoms with van der Waals surface area (Å²) in [4.78, 5) is 18.3. The first-order valence-corrected chi connectivity index (χ1v) is 9.27. The molecular formula is C20H15ClN2O2S. The van der Waals surface area contributed by atoms with Crippen molar-refractivity contribution in [3.8, 4) is 16.9 Å². The number of nitrogens with zero attached hydrogens (tertiary/aromatic N) is 2. The lowest BCUT2D eigenvalue weighted by molar-refractivity contribution is 0.415. The minimum Gasteiger partial charge on any atom is -0.497 e. The van der Waals surface area contributed by atoms with E-state index in [2.05, 4.69) is 4.98 Å². The molecule has 2 heterocycles. The van der Waals surface area contributed by atoms with Crippen LogP contribution in [0.1, 0.15) is 5.56 Å². The Morgan fingerprint density at radius 1 is 1.15 bits per heavy atom. The van der Waals surface area contributed by atoms with Gasteiger partial charge in [-0.05, 0) is 29.3 Å². The van der Waals surface area contributed by atoms with E-state index in [-0.39, 0.29) is 5.56 Å². The molecule has 0 bridgehead atoms. The normalized spacial score (nSPS) is 11.0. The molecule has 0 amide bonds. The number of aromatic nitrogens is 2. The molecular weight excluding hydrogens is 368 g/mol. The van der Waals surface area contributed by atoms with E-state index >= 15 is 0 Å². The zero-order valence-corrected chi connectivity index (χ0v) is 15.6. The molecule has 2 aromatic heterocycles. The molecule has 0 saturated heterocycles. The lowest BCUT2D eigenvalue weighted by Gasteiger charge is -2.08. The van der Waals surface area contributed by atoms with Gasteiger partial charge in [-0.2, -0.15) is 0 Å². The van der Waals surface area contributed by atoms with Crippen LogP contribution in [-0.4, -0.2) is 16.7 Å². The van der Waals surface area contributed by atoms with E-state index < -0.39 is 0 Å². The Balaban J connectivity index is 1.81. The molecule has 4 nitrogen and oxygen atoms in total. The summed E-state index contributed by atoms with van der Waals surface area (Å²) in [5, 5.41) is 3.25. The van der Waals surface area contributed by atoms with Crippen molar-refractivity contribution < 1.29 is 4.74 Å². The quantitative estimate of drug-likeness (QED) is 0.507. The number of methoxy groups -OCH3 is 1. The van der Waals surface area contributed by atoms with Crippen LogP contribution in [0.5, 0.6) is 5.75 Å². The molecule has 26 heavy (non-hydrogen) atoms. The molecule has 0 fully saturated rings. The van der Waals surface area contributed by atoms with E-state index in [1.165, 1.54) is 11.3 Å². The van der Waals surface area contributed by atoms with Crippen LogP contribution in [0.2, 0.25) is 5.02 Å². The van der Waals surface area contributed by atoms with Gasteiger partial charge in [-0.3, -0.25) is 9.36 Å². The molecule has 0 N–H and O–H groups in total. The number of benzene rings is 2. The lowest BCUT2D eigenvalue weighted by atomic mass is 10.1. The minimum absolute atomic E-state index is 0.0676. The van der Waals surface area contributed by atoms with Crippen molar-refractivity contribution in [2.24, 2.45) is 0 Å². The molecule has 0 aliphatic heterocycles. The second-order valence-corrected chi connectivity index (χ2v) is 7.09. The fourth-order valence-electron chi connectivity index (χ4n) is 2.87. The van der Waals surface area contributed by atoms with Crippen molar-refractivity contribution in [1.29, 1.82) is 0 Å². The van der Waals surface area contributed by atoms with Gasteiger partial charge in [0.1, 0.15) is 10.6 Å². The fourth-order valence-corrected chi connectivity index (χ4v) is 3.98. The molecule has 0 aliphatic carbocycles. The van der Waals surface area contributed by atoms with Crippen LogP contribution in [0, 0.1) is 0 Å². The SMILES string of the molecule is COc1ccc(-c2csc3ncn(Cc4ccccc4Cl)c(=O)c23)cc1. The molecule has 0 aliphatic rings. The Morgan fingerprint density at radius 3 is 2.65 bits per heavy atom. The minimum atomic E-state index is -0.0676. The second-order valence-electron chi connectivity index (χ2n) is 5.83. The van der Waals surface area contributed by atoms with Gasteiger partial charge in [0.05, 0.1) is 25.4 Å². The van der Waals surface area contributed by atoms with E-state index in [0.717, 1.165) is 27.3 Å². The van der Waals surface area contributed by atoms with Crippen LogP contribution in [0.4, 0.5) is 0 Å². The molecule has 0 unspecified atom stereocenters. The summed E-state index contributed by atoms with van der Waals surface area (Å²) in [6, 6.07) is 15.2. The van der Waals surface area contributed by atoms with Crippen LogP contribution in [-0.2, 0) is 6.54 Å². The molecule has 0 radical (unpaired) electrons. The van der Waals surface area contributed by atoms with Gasteiger partial charge in [-0.15, -0.1) is 11.3 Å². The van der Waals surface area contributed by atoms with Crippen LogP contribution < -0.4 is 10.3 Å². The first-order chi connectivity index (χ1) is 12.7. The average molecular weight is 383 g/mol. The zero-order chi connectivity index (χ0) is 18.1. The van der Waals surface area contributed by atoms with E-state index in [1.54, 1.807) is 18.0 Å². The Hall–Kier alpha value is -2.63. The number of fused-ring (bicyclic) bond motifs is 1. The van der Waals surface area contributed by atoms with Gasteiger partial charge in [-0.1, -0.05) is 41.9 Å². The van der Waals surface area contributed by atoms with Crippen molar-refractivity contribution in [2.45, 2.75) is 6.54 Å². The van der Waals surface area contributed by atoms with Crippen molar-refractivity contribution in [1.82, 2.24) is 9.55 Å². The summed E-state index contributed by atoms with van der Waals surface area (Å²) >= 11 is 7.70. The number of rotatable bonds is 4. The Morgan fingerprint density at radius 2 is 1.92 bits per heavy atom. The highest BCUT2D eigenvalue weighted by molar-refractivity contribution is 7.17. The molecule has 0 spiro atoms. The molecule has 130 valence electrons. The highest BCUT2D eigenvalue weighted by Gasteiger charge is 2.14. The van der Waals surface area contributed by atoms with Crippen LogP contribution in [0.15, 0.2) is 65.0 Å². The maximum atomic E-state index is 13.1. The molecule has 2 aromatic carbocycles. The van der Waals surface area contributed by atoms with Gasteiger partial charge in [0.15, 0.2) is 0 Å². The summed E-state index contributed by atoms with van der Waals surface area (Å²) in [6.45, 7) is 0.388. The van der Waals surface area contributed by atoms with Crippen molar-refractivity contribution in [2.75, 3.05) is 7.11 Å². The smallest absolute Gasteiger partial charge is 0.263 e. The Kier molecular flexibility index (Phi) is 4.49. The maximum absolute atomic E-state index is 13.1. The molecule has 4 aromatic rings. The molecule has 6 heteroatoms. The summed E-state index contributed by atoms with van der Waals surface area (Å²) in [7, 11) is 1.63. The van der Waals surface area contributed by atoms with Gasteiger partial charge in [-0.25, -0.2) is 4.98 Å². The maximum Gasteiger partial charge on any atom is 0.263 e. The van der Waals surface area contributed by atoms with Gasteiger partial charge < -0.3 is 4.74 Å². The predicted molar refractivity (Wildman–Crippen MR) is 106 cm³/mol. The number of hydrogen-bond donors (Lipinski definition) is 0. The number of hydrogen-bond acceptors (Lipinski definition) is 4. The van der Waals surface area contributed by atoms with Crippen molar-refractivity contribution in [3.63, 3.8) is 0 Å². The zero-order valence-electron chi connectivity index (χ0n) is 14.0. The van der Waals surface area contributed by atoms with Crippen LogP contribution in [0.25, 0.3) is 21.3 Å². The largest absolute Gasteiger partial charge is 0.497 e. The topological polar surface area (TPSA) is 44.1 Å². The van der Waals surface area contributed by atoms with Gasteiger partial charge in [0.25, 0.3) is 5.56 Å². The highest BCUT2D eigenvalue weighted by atomic mass is 35.5. The van der Waals surface area contributed by atoms with E-state index in [9.17, 15) is 4.79 Å². The Bertz CT molecular complexity index is 1130. The van der Waals surface area contributed by atoms with Gasteiger partial charge in [0.2, 0.25) is 0 Å². The summed E-state index contributed by atoms with van der Waals surface area (Å²) < 4.78 is 6.81. The molecule has 0 atom stereocenters. The Labute approximate surface area is 159 Å². The third-order valence-electron chi connectivity index (χ3n) is 4.26. The summed E-state index contributed by atoms with van der Waals surface area (Å²) in [5.74, 6) is 0.780. The summed E-state index contributed by atoms with van der Waals surface area (Å²) in [5.41, 5.74) is 2.67. The molecule has 0 saturated carbocycles. The number of halogens is 1. The molecule has 4 rings (SSSR count). The van der Waals surface area contributed by atoms with E-state index in [4.69, 9.17) is 16.3 Å². The fraction of sp³-hybridized carbons (Fsp3) is 0.100. The number of ether oxygens (including phenoxy) is 1. The number of thiophene rings is 1. The predicted octanol–water partition coefficient (Wildman–Crippen LogP) is 4.84. The standard InChI is InChI=1S/C20H15ClN2O2S/c1-25-15-8-6-13(7-9-15)16-11-26-19-18(16)20(24)23(12-22-19)10-14-4-2-3-5-17(14)21/h2-9,11-12H,10H2,1H3. The van der Waals surface area contributed by atoms with Crippen LogP contribution in [0.3, 0.4) is 0 Å². The third kappa shape index (κ3) is 3.00. The van der Waals surface area contributed by atoms with Gasteiger partial charge >= 0.3 is 0 Å². The monoisotopic (exact) mass is 382 g/mol.